The number of hydrogen-bond acceptors (Lipinski definition) is 10. The van der Waals surface area contributed by atoms with Crippen LogP contribution >= 0.6 is 0 Å². The first kappa shape index (κ1) is 29.3. The Balaban J connectivity index is 0.000000264. The molecule has 12 N–H and O–H groups in total. The van der Waals surface area contributed by atoms with Crippen molar-refractivity contribution in [1.82, 2.24) is 5.32 Å². The van der Waals surface area contributed by atoms with Crippen molar-refractivity contribution in [3.05, 3.63) is 71.3 Å². The fraction of sp³-hybridized carbons (Fsp3) is 0.280. The van der Waals surface area contributed by atoms with E-state index in [9.17, 15) is 5.11 Å². The van der Waals surface area contributed by atoms with E-state index in [0.29, 0.717) is 38.0 Å². The molecule has 0 fully saturated rings. The van der Waals surface area contributed by atoms with Crippen LogP contribution in [0.1, 0.15) is 22.8 Å². The molecule has 0 aliphatic carbocycles. The number of benzene rings is 3. The third kappa shape index (κ3) is 10.4. The number of rotatable bonds is 7. The van der Waals surface area contributed by atoms with Gasteiger partial charge in [-0.3, -0.25) is 0 Å². The standard InChI is InChI=1S/C9H13NO3.2C8H11NO2/c1-10-5-9(13)6-2-3-7(11)8(12)4-6;2*9-4-3-6-1-2-7(10)8(11)5-6/h2-4,9-13H,5H2,1H3;2*1-2,5,10-11H,3-4,9H2. The fourth-order valence-electron chi connectivity index (χ4n) is 2.84. The van der Waals surface area contributed by atoms with Gasteiger partial charge in [0.05, 0.1) is 6.10 Å². The summed E-state index contributed by atoms with van der Waals surface area (Å²) < 4.78 is 0. The van der Waals surface area contributed by atoms with Crippen LogP contribution in [0.5, 0.6) is 34.5 Å². The molecular weight excluding hydrogens is 454 g/mol. The average Bonchev–Trinajstić information content (AvgIpc) is 2.82. The van der Waals surface area contributed by atoms with E-state index >= 15 is 0 Å². The van der Waals surface area contributed by atoms with E-state index in [4.69, 9.17) is 42.1 Å². The van der Waals surface area contributed by atoms with Gasteiger partial charge in [0.25, 0.3) is 0 Å². The van der Waals surface area contributed by atoms with Crippen molar-refractivity contribution in [3.8, 4) is 34.5 Å². The monoisotopic (exact) mass is 489 g/mol. The predicted molar refractivity (Wildman–Crippen MR) is 134 cm³/mol. The molecule has 1 unspecified atom stereocenters. The van der Waals surface area contributed by atoms with Crippen LogP contribution in [0.3, 0.4) is 0 Å². The molecular formula is C25H35N3O7. The molecule has 0 bridgehead atoms. The zero-order valence-electron chi connectivity index (χ0n) is 19.6. The van der Waals surface area contributed by atoms with E-state index in [2.05, 4.69) is 5.32 Å². The van der Waals surface area contributed by atoms with Crippen molar-refractivity contribution in [2.75, 3.05) is 26.7 Å². The molecule has 10 nitrogen and oxygen atoms in total. The van der Waals surface area contributed by atoms with Crippen molar-refractivity contribution in [3.63, 3.8) is 0 Å². The third-order valence-electron chi connectivity index (χ3n) is 4.73. The number of aromatic hydroxyl groups is 6. The first-order valence-corrected chi connectivity index (χ1v) is 10.9. The van der Waals surface area contributed by atoms with Gasteiger partial charge in [-0.1, -0.05) is 18.2 Å². The molecule has 0 aliphatic rings. The molecule has 3 rings (SSSR count). The summed E-state index contributed by atoms with van der Waals surface area (Å²) in [6, 6.07) is 13.7. The van der Waals surface area contributed by atoms with Crippen molar-refractivity contribution in [2.45, 2.75) is 18.9 Å². The normalized spacial score (nSPS) is 11.0. The Morgan fingerprint density at radius 3 is 1.37 bits per heavy atom. The Morgan fingerprint density at radius 1 is 0.629 bits per heavy atom. The quantitative estimate of drug-likeness (QED) is 0.217. The van der Waals surface area contributed by atoms with Crippen LogP contribution in [0, 0.1) is 0 Å². The Labute approximate surface area is 204 Å². The summed E-state index contributed by atoms with van der Waals surface area (Å²) in [5.74, 6) is -0.753. The van der Waals surface area contributed by atoms with Gasteiger partial charge in [-0.15, -0.1) is 0 Å². The summed E-state index contributed by atoms with van der Waals surface area (Å²) in [5, 5.41) is 66.4. The first-order chi connectivity index (χ1) is 16.6. The van der Waals surface area contributed by atoms with Crippen molar-refractivity contribution < 1.29 is 35.7 Å². The highest BCUT2D eigenvalue weighted by molar-refractivity contribution is 5.42. The first-order valence-electron chi connectivity index (χ1n) is 10.9. The van der Waals surface area contributed by atoms with Crippen LogP contribution in [0.15, 0.2) is 54.6 Å². The van der Waals surface area contributed by atoms with E-state index in [0.717, 1.165) is 11.1 Å². The largest absolute Gasteiger partial charge is 0.504 e. The van der Waals surface area contributed by atoms with Gasteiger partial charge in [0, 0.05) is 6.54 Å². The van der Waals surface area contributed by atoms with Crippen molar-refractivity contribution in [1.29, 1.82) is 0 Å². The van der Waals surface area contributed by atoms with Crippen molar-refractivity contribution in [2.24, 2.45) is 11.5 Å². The highest BCUT2D eigenvalue weighted by Gasteiger charge is 2.08. The lowest BCUT2D eigenvalue weighted by Crippen LogP contribution is -2.16. The number of hydrogen-bond donors (Lipinski definition) is 10. The van der Waals surface area contributed by atoms with E-state index in [-0.39, 0.29) is 34.5 Å². The zero-order valence-corrected chi connectivity index (χ0v) is 19.6. The van der Waals surface area contributed by atoms with Crippen LogP contribution < -0.4 is 16.8 Å². The Morgan fingerprint density at radius 2 is 1.03 bits per heavy atom. The molecule has 192 valence electrons. The molecule has 0 saturated heterocycles. The van der Waals surface area contributed by atoms with E-state index in [1.54, 1.807) is 25.2 Å². The predicted octanol–water partition coefficient (Wildman–Crippen LogP) is 1.55. The zero-order chi connectivity index (χ0) is 26.4. The molecule has 3 aromatic carbocycles. The number of phenols is 6. The topological polar surface area (TPSA) is 206 Å². The van der Waals surface area contributed by atoms with Gasteiger partial charge in [-0.25, -0.2) is 0 Å². The van der Waals surface area contributed by atoms with Crippen LogP contribution in [0.4, 0.5) is 0 Å². The lowest BCUT2D eigenvalue weighted by atomic mass is 10.1. The van der Waals surface area contributed by atoms with Gasteiger partial charge >= 0.3 is 0 Å². The summed E-state index contributed by atoms with van der Waals surface area (Å²) in [6.45, 7) is 1.50. The Hall–Kier alpha value is -3.70. The van der Waals surface area contributed by atoms with Crippen LogP contribution in [0.2, 0.25) is 0 Å². The summed E-state index contributed by atoms with van der Waals surface area (Å²) in [6.07, 6.45) is 0.762. The second-order valence-electron chi connectivity index (χ2n) is 7.55. The Kier molecular flexibility index (Phi) is 12.8. The fourth-order valence-corrected chi connectivity index (χ4v) is 2.84. The number of aliphatic hydroxyl groups is 1. The summed E-state index contributed by atoms with van der Waals surface area (Å²) in [7, 11) is 1.73. The van der Waals surface area contributed by atoms with Gasteiger partial charge in [-0.05, 0) is 86.1 Å². The molecule has 0 aromatic heterocycles. The van der Waals surface area contributed by atoms with Gasteiger partial charge < -0.3 is 52.5 Å². The van der Waals surface area contributed by atoms with Crippen LogP contribution in [0.25, 0.3) is 0 Å². The maximum atomic E-state index is 9.48. The third-order valence-corrected chi connectivity index (χ3v) is 4.73. The SMILES string of the molecule is CNCC(O)c1ccc(O)c(O)c1.NCCc1ccc(O)c(O)c1.NCCc1ccc(O)c(O)c1. The summed E-state index contributed by atoms with van der Waals surface area (Å²) in [4.78, 5) is 0. The summed E-state index contributed by atoms with van der Waals surface area (Å²) >= 11 is 0. The lowest BCUT2D eigenvalue weighted by Gasteiger charge is -2.10. The smallest absolute Gasteiger partial charge is 0.157 e. The van der Waals surface area contributed by atoms with Gasteiger partial charge in [0.1, 0.15) is 0 Å². The molecule has 0 aliphatic heterocycles. The number of aliphatic hydroxyl groups excluding tert-OH is 1. The summed E-state index contributed by atoms with van der Waals surface area (Å²) in [5.41, 5.74) is 13.0. The maximum Gasteiger partial charge on any atom is 0.157 e. The molecule has 0 radical (unpaired) electrons. The highest BCUT2D eigenvalue weighted by atomic mass is 16.3. The number of likely N-dealkylation sites (N-methyl/N-ethyl adjacent to an activating group) is 1. The average molecular weight is 490 g/mol. The van der Waals surface area contributed by atoms with Crippen molar-refractivity contribution >= 4 is 0 Å². The lowest BCUT2D eigenvalue weighted by molar-refractivity contribution is 0.177. The molecule has 0 spiro atoms. The molecule has 0 heterocycles. The molecule has 10 heteroatoms. The Bertz CT molecular complexity index is 994. The van der Waals surface area contributed by atoms with Gasteiger partial charge in [-0.2, -0.15) is 0 Å². The minimum atomic E-state index is -0.670. The number of nitrogens with two attached hydrogens (primary N) is 2. The highest BCUT2D eigenvalue weighted by Crippen LogP contribution is 2.27. The minimum Gasteiger partial charge on any atom is -0.504 e. The number of phenolic OH excluding ortho intramolecular Hbond substituents is 6. The van der Waals surface area contributed by atoms with Gasteiger partial charge in [0.2, 0.25) is 0 Å². The molecule has 0 saturated carbocycles. The van der Waals surface area contributed by atoms with Crippen LogP contribution in [-0.4, -0.2) is 62.4 Å². The minimum absolute atomic E-state index is 0.0871. The molecule has 1 atom stereocenters. The van der Waals surface area contributed by atoms with Crippen LogP contribution in [-0.2, 0) is 12.8 Å². The van der Waals surface area contributed by atoms with E-state index in [1.165, 1.54) is 36.4 Å². The van der Waals surface area contributed by atoms with E-state index in [1.807, 2.05) is 0 Å². The molecule has 0 amide bonds. The second-order valence-corrected chi connectivity index (χ2v) is 7.55. The molecule has 3 aromatic rings. The molecule has 35 heavy (non-hydrogen) atoms. The maximum absolute atomic E-state index is 9.48. The number of nitrogens with one attached hydrogen (secondary N) is 1. The van der Waals surface area contributed by atoms with Gasteiger partial charge in [0.15, 0.2) is 34.5 Å². The second kappa shape index (κ2) is 15.3. The van der Waals surface area contributed by atoms with E-state index < -0.39 is 6.10 Å².